The normalized spacial score (nSPS) is 9.76. The van der Waals surface area contributed by atoms with E-state index in [1.165, 1.54) is 0 Å². The van der Waals surface area contributed by atoms with Crippen LogP contribution in [0.3, 0.4) is 0 Å². The third kappa shape index (κ3) is 2.47. The Labute approximate surface area is 99.8 Å². The van der Waals surface area contributed by atoms with Gasteiger partial charge in [-0.3, -0.25) is 0 Å². The van der Waals surface area contributed by atoms with Gasteiger partial charge in [-0.2, -0.15) is 0 Å². The second kappa shape index (κ2) is 5.21. The van der Waals surface area contributed by atoms with Crippen molar-refractivity contribution in [1.29, 1.82) is 0 Å². The minimum atomic E-state index is 0.496. The van der Waals surface area contributed by atoms with Crippen molar-refractivity contribution in [3.8, 4) is 23.1 Å². The van der Waals surface area contributed by atoms with Crippen molar-refractivity contribution in [3.05, 3.63) is 42.6 Å². The van der Waals surface area contributed by atoms with E-state index in [2.05, 4.69) is 4.98 Å². The number of rotatable bonds is 4. The maximum absolute atomic E-state index is 5.66. The molecule has 0 atom stereocenters. The molecule has 0 unspecified atom stereocenters. The molecule has 0 fully saturated rings. The lowest BCUT2D eigenvalue weighted by atomic mass is 10.3. The number of para-hydroxylation sites is 1. The van der Waals surface area contributed by atoms with Gasteiger partial charge in [-0.25, -0.2) is 4.98 Å². The van der Waals surface area contributed by atoms with Gasteiger partial charge in [0, 0.05) is 12.3 Å². The number of benzene rings is 1. The molecule has 4 nitrogen and oxygen atoms in total. The molecule has 2 rings (SSSR count). The first-order valence-electron chi connectivity index (χ1n) is 5.15. The number of ether oxygens (including phenoxy) is 3. The van der Waals surface area contributed by atoms with Crippen molar-refractivity contribution in [1.82, 2.24) is 4.98 Å². The molecule has 1 aromatic carbocycles. The molecule has 0 N–H and O–H groups in total. The average Bonchev–Trinajstić information content (AvgIpc) is 2.40. The quantitative estimate of drug-likeness (QED) is 0.811. The van der Waals surface area contributed by atoms with Crippen LogP contribution in [0.2, 0.25) is 0 Å². The first-order valence-corrected chi connectivity index (χ1v) is 5.15. The van der Waals surface area contributed by atoms with Crippen LogP contribution in [0.15, 0.2) is 42.6 Å². The van der Waals surface area contributed by atoms with Gasteiger partial charge >= 0.3 is 0 Å². The summed E-state index contributed by atoms with van der Waals surface area (Å²) in [6.45, 7) is 0. The monoisotopic (exact) mass is 231 g/mol. The molecule has 0 saturated heterocycles. The maximum Gasteiger partial charge on any atom is 0.219 e. The highest BCUT2D eigenvalue weighted by Crippen LogP contribution is 2.39. The second-order valence-corrected chi connectivity index (χ2v) is 3.26. The zero-order chi connectivity index (χ0) is 12.1. The van der Waals surface area contributed by atoms with Crippen molar-refractivity contribution >= 4 is 0 Å². The van der Waals surface area contributed by atoms with E-state index in [1.807, 2.05) is 18.2 Å². The number of hydrogen-bond donors (Lipinski definition) is 0. The molecule has 0 radical (unpaired) electrons. The summed E-state index contributed by atoms with van der Waals surface area (Å²) in [6.07, 6.45) is 1.66. The Morgan fingerprint density at radius 2 is 1.59 bits per heavy atom. The predicted molar refractivity (Wildman–Crippen MR) is 63.9 cm³/mol. The van der Waals surface area contributed by atoms with E-state index < -0.39 is 0 Å². The average molecular weight is 231 g/mol. The van der Waals surface area contributed by atoms with Crippen LogP contribution < -0.4 is 14.2 Å². The topological polar surface area (TPSA) is 40.6 Å². The molecule has 0 bridgehead atoms. The van der Waals surface area contributed by atoms with Crippen molar-refractivity contribution < 1.29 is 14.2 Å². The molecule has 2 aromatic rings. The lowest BCUT2D eigenvalue weighted by molar-refractivity contribution is 0.342. The van der Waals surface area contributed by atoms with Crippen LogP contribution in [0.4, 0.5) is 0 Å². The molecule has 17 heavy (non-hydrogen) atoms. The van der Waals surface area contributed by atoms with Crippen molar-refractivity contribution in [2.45, 2.75) is 0 Å². The Hall–Kier alpha value is -2.23. The summed E-state index contributed by atoms with van der Waals surface area (Å²) in [6, 6.07) is 10.9. The van der Waals surface area contributed by atoms with Crippen LogP contribution >= 0.6 is 0 Å². The highest BCUT2D eigenvalue weighted by Gasteiger charge is 2.12. The number of hydrogen-bond acceptors (Lipinski definition) is 4. The van der Waals surface area contributed by atoms with E-state index in [0.29, 0.717) is 23.1 Å². The van der Waals surface area contributed by atoms with Crippen LogP contribution in [0.5, 0.6) is 23.1 Å². The van der Waals surface area contributed by atoms with E-state index >= 15 is 0 Å². The molecule has 1 heterocycles. The van der Waals surface area contributed by atoms with Crippen LogP contribution in [-0.2, 0) is 0 Å². The van der Waals surface area contributed by atoms with Gasteiger partial charge in [0.05, 0.1) is 14.2 Å². The van der Waals surface area contributed by atoms with Gasteiger partial charge in [-0.1, -0.05) is 12.1 Å². The lowest BCUT2D eigenvalue weighted by Crippen LogP contribution is -1.95. The summed E-state index contributed by atoms with van der Waals surface area (Å²) in [5, 5.41) is 0. The van der Waals surface area contributed by atoms with Crippen LogP contribution in [0, 0.1) is 0 Å². The van der Waals surface area contributed by atoms with Crippen LogP contribution in [0.1, 0.15) is 0 Å². The molecule has 0 aliphatic rings. The molecule has 0 saturated carbocycles. The standard InChI is InChI=1S/C13H13NO3/c1-15-10-6-5-7-11(16-2)13(10)17-12-8-3-4-9-14-12/h3-9H,1-2H3. The Balaban J connectivity index is 2.37. The fraction of sp³-hybridized carbons (Fsp3) is 0.154. The highest BCUT2D eigenvalue weighted by molar-refractivity contribution is 5.52. The molecule has 0 amide bonds. The molecule has 1 aromatic heterocycles. The van der Waals surface area contributed by atoms with Crippen molar-refractivity contribution in [2.75, 3.05) is 14.2 Å². The second-order valence-electron chi connectivity index (χ2n) is 3.26. The number of methoxy groups -OCH3 is 2. The van der Waals surface area contributed by atoms with Crippen molar-refractivity contribution in [3.63, 3.8) is 0 Å². The third-order valence-electron chi connectivity index (χ3n) is 2.23. The predicted octanol–water partition coefficient (Wildman–Crippen LogP) is 2.89. The molecule has 0 aliphatic carbocycles. The Morgan fingerprint density at radius 3 is 2.12 bits per heavy atom. The first-order chi connectivity index (χ1) is 8.35. The van der Waals surface area contributed by atoms with Gasteiger partial charge in [-0.15, -0.1) is 0 Å². The van der Waals surface area contributed by atoms with Gasteiger partial charge in [-0.05, 0) is 18.2 Å². The minimum Gasteiger partial charge on any atom is -0.493 e. The van der Waals surface area contributed by atoms with E-state index in [0.717, 1.165) is 0 Å². The summed E-state index contributed by atoms with van der Waals surface area (Å²) in [4.78, 5) is 4.09. The van der Waals surface area contributed by atoms with E-state index in [9.17, 15) is 0 Å². The molecule has 88 valence electrons. The van der Waals surface area contributed by atoms with Crippen molar-refractivity contribution in [2.24, 2.45) is 0 Å². The molecule has 0 spiro atoms. The zero-order valence-corrected chi connectivity index (χ0v) is 9.71. The van der Waals surface area contributed by atoms with Gasteiger partial charge in [0.1, 0.15) is 0 Å². The number of pyridine rings is 1. The molecular formula is C13H13NO3. The van der Waals surface area contributed by atoms with E-state index in [-0.39, 0.29) is 0 Å². The minimum absolute atomic E-state index is 0.496. The lowest BCUT2D eigenvalue weighted by Gasteiger charge is -2.12. The van der Waals surface area contributed by atoms with Gasteiger partial charge < -0.3 is 14.2 Å². The Kier molecular flexibility index (Phi) is 3.45. The third-order valence-corrected chi connectivity index (χ3v) is 2.23. The summed E-state index contributed by atoms with van der Waals surface area (Å²) in [5.74, 6) is 2.23. The largest absolute Gasteiger partial charge is 0.493 e. The molecule has 0 aliphatic heterocycles. The smallest absolute Gasteiger partial charge is 0.219 e. The first kappa shape index (κ1) is 11.3. The highest BCUT2D eigenvalue weighted by atomic mass is 16.5. The fourth-order valence-electron chi connectivity index (χ4n) is 1.43. The van der Waals surface area contributed by atoms with Crippen LogP contribution in [-0.4, -0.2) is 19.2 Å². The van der Waals surface area contributed by atoms with E-state index in [1.54, 1.807) is 38.6 Å². The number of nitrogens with zero attached hydrogens (tertiary/aromatic N) is 1. The Morgan fingerprint density at radius 1 is 0.882 bits per heavy atom. The summed E-state index contributed by atoms with van der Waals surface area (Å²) in [5.41, 5.74) is 0. The molecule has 4 heteroatoms. The van der Waals surface area contributed by atoms with E-state index in [4.69, 9.17) is 14.2 Å². The molecular weight excluding hydrogens is 218 g/mol. The summed E-state index contributed by atoms with van der Waals surface area (Å²) < 4.78 is 16.1. The summed E-state index contributed by atoms with van der Waals surface area (Å²) in [7, 11) is 3.17. The van der Waals surface area contributed by atoms with Gasteiger partial charge in [0.15, 0.2) is 11.5 Å². The van der Waals surface area contributed by atoms with Gasteiger partial charge in [0.25, 0.3) is 0 Å². The summed E-state index contributed by atoms with van der Waals surface area (Å²) >= 11 is 0. The fourth-order valence-corrected chi connectivity index (χ4v) is 1.43. The zero-order valence-electron chi connectivity index (χ0n) is 9.71. The Bertz CT molecular complexity index is 463. The van der Waals surface area contributed by atoms with Gasteiger partial charge in [0.2, 0.25) is 11.6 Å². The SMILES string of the molecule is COc1cccc(OC)c1Oc1ccccn1. The van der Waals surface area contributed by atoms with Crippen LogP contribution in [0.25, 0.3) is 0 Å². The maximum atomic E-state index is 5.66. The number of aromatic nitrogens is 1.